The van der Waals surface area contributed by atoms with E-state index in [1.165, 1.54) is 13.8 Å². The molecule has 0 aliphatic carbocycles. The Morgan fingerprint density at radius 2 is 1.91 bits per heavy atom. The third kappa shape index (κ3) is 4.12. The third-order valence-electron chi connectivity index (χ3n) is 1.57. The van der Waals surface area contributed by atoms with Crippen LogP contribution in [-0.4, -0.2) is 5.92 Å². The predicted octanol–water partition coefficient (Wildman–Crippen LogP) is 3.63. The molecule has 0 N–H and O–H groups in total. The summed E-state index contributed by atoms with van der Waals surface area (Å²) in [6, 6.07) is 0. The van der Waals surface area contributed by atoms with Gasteiger partial charge in [-0.15, -0.1) is 0 Å². The van der Waals surface area contributed by atoms with Crippen molar-refractivity contribution in [1.82, 2.24) is 0 Å². The zero-order valence-corrected chi connectivity index (χ0v) is 7.40. The minimum Gasteiger partial charge on any atom is -0.202 e. The SMILES string of the molecule is CCC/C=C/C(F)(F)C(C)C. The largest absolute Gasteiger partial charge is 0.268 e. The number of hydrogen-bond donors (Lipinski definition) is 0. The number of halogens is 2. The van der Waals surface area contributed by atoms with Gasteiger partial charge in [0.2, 0.25) is 0 Å². The van der Waals surface area contributed by atoms with Crippen molar-refractivity contribution in [2.75, 3.05) is 0 Å². The quantitative estimate of drug-likeness (QED) is 0.554. The van der Waals surface area contributed by atoms with Crippen LogP contribution in [0.2, 0.25) is 0 Å². The van der Waals surface area contributed by atoms with Crippen molar-refractivity contribution in [1.29, 1.82) is 0 Å². The summed E-state index contributed by atoms with van der Waals surface area (Å²) in [6.45, 7) is 5.02. The predicted molar refractivity (Wildman–Crippen MR) is 43.8 cm³/mol. The summed E-state index contributed by atoms with van der Waals surface area (Å²) in [4.78, 5) is 0. The van der Waals surface area contributed by atoms with Gasteiger partial charge in [0.15, 0.2) is 0 Å². The zero-order chi connectivity index (χ0) is 8.91. The molecule has 0 radical (unpaired) electrons. The fourth-order valence-corrected chi connectivity index (χ4v) is 0.600. The maximum atomic E-state index is 12.8. The van der Waals surface area contributed by atoms with Crippen molar-refractivity contribution in [2.45, 2.75) is 39.5 Å². The van der Waals surface area contributed by atoms with E-state index in [0.29, 0.717) is 0 Å². The van der Waals surface area contributed by atoms with E-state index < -0.39 is 11.8 Å². The van der Waals surface area contributed by atoms with Gasteiger partial charge in [-0.2, -0.15) is 0 Å². The average molecular weight is 162 g/mol. The van der Waals surface area contributed by atoms with Gasteiger partial charge < -0.3 is 0 Å². The summed E-state index contributed by atoms with van der Waals surface area (Å²) >= 11 is 0. The lowest BCUT2D eigenvalue weighted by atomic mass is 10.1. The molecule has 0 heterocycles. The summed E-state index contributed by atoms with van der Waals surface area (Å²) < 4.78 is 25.6. The van der Waals surface area contributed by atoms with E-state index in [0.717, 1.165) is 18.9 Å². The summed E-state index contributed by atoms with van der Waals surface area (Å²) in [5, 5.41) is 0. The molecule has 0 rings (SSSR count). The van der Waals surface area contributed by atoms with Crippen molar-refractivity contribution >= 4 is 0 Å². The molecule has 0 aliphatic heterocycles. The maximum absolute atomic E-state index is 12.8. The fraction of sp³-hybridized carbons (Fsp3) is 0.778. The van der Waals surface area contributed by atoms with Crippen LogP contribution >= 0.6 is 0 Å². The molecular weight excluding hydrogens is 146 g/mol. The van der Waals surface area contributed by atoms with Crippen molar-refractivity contribution in [2.24, 2.45) is 5.92 Å². The van der Waals surface area contributed by atoms with E-state index >= 15 is 0 Å². The van der Waals surface area contributed by atoms with Crippen LogP contribution in [0.3, 0.4) is 0 Å². The van der Waals surface area contributed by atoms with E-state index in [1.807, 2.05) is 6.92 Å². The number of allylic oxidation sites excluding steroid dienone is 2. The Morgan fingerprint density at radius 1 is 1.36 bits per heavy atom. The van der Waals surface area contributed by atoms with E-state index in [4.69, 9.17) is 0 Å². The van der Waals surface area contributed by atoms with Gasteiger partial charge in [0.05, 0.1) is 0 Å². The lowest BCUT2D eigenvalue weighted by Gasteiger charge is -2.15. The first-order chi connectivity index (χ1) is 5.00. The Labute approximate surface area is 67.3 Å². The number of rotatable bonds is 4. The van der Waals surface area contributed by atoms with Gasteiger partial charge >= 0.3 is 0 Å². The molecule has 0 spiro atoms. The molecule has 0 aromatic heterocycles. The fourth-order valence-electron chi connectivity index (χ4n) is 0.600. The molecule has 2 heteroatoms. The first kappa shape index (κ1) is 10.6. The number of hydrogen-bond acceptors (Lipinski definition) is 0. The highest BCUT2D eigenvalue weighted by atomic mass is 19.3. The molecule has 0 atom stereocenters. The van der Waals surface area contributed by atoms with Crippen LogP contribution in [-0.2, 0) is 0 Å². The lowest BCUT2D eigenvalue weighted by molar-refractivity contribution is 0.00603. The molecule has 0 bridgehead atoms. The molecular formula is C9H16F2. The van der Waals surface area contributed by atoms with Crippen molar-refractivity contribution < 1.29 is 8.78 Å². The van der Waals surface area contributed by atoms with Crippen molar-refractivity contribution in [3.05, 3.63) is 12.2 Å². The second kappa shape index (κ2) is 4.47. The highest BCUT2D eigenvalue weighted by Crippen LogP contribution is 2.25. The van der Waals surface area contributed by atoms with Crippen LogP contribution < -0.4 is 0 Å². The number of alkyl halides is 2. The van der Waals surface area contributed by atoms with Gasteiger partial charge in [-0.25, -0.2) is 8.78 Å². The van der Waals surface area contributed by atoms with Crippen LogP contribution in [0.25, 0.3) is 0 Å². The van der Waals surface area contributed by atoms with Crippen molar-refractivity contribution in [3.63, 3.8) is 0 Å². The van der Waals surface area contributed by atoms with E-state index in [-0.39, 0.29) is 0 Å². The molecule has 0 amide bonds. The Morgan fingerprint density at radius 3 is 2.27 bits per heavy atom. The number of unbranched alkanes of at least 4 members (excludes halogenated alkanes) is 1. The topological polar surface area (TPSA) is 0 Å². The van der Waals surface area contributed by atoms with Crippen LogP contribution in [0, 0.1) is 5.92 Å². The van der Waals surface area contributed by atoms with E-state index in [9.17, 15) is 8.78 Å². The summed E-state index contributed by atoms with van der Waals surface area (Å²) in [6.07, 6.45) is 4.23. The Kier molecular flexibility index (Phi) is 4.31. The van der Waals surface area contributed by atoms with Gasteiger partial charge in [-0.1, -0.05) is 33.3 Å². The average Bonchev–Trinajstić information content (AvgIpc) is 1.88. The highest BCUT2D eigenvalue weighted by molar-refractivity contribution is 4.96. The first-order valence-corrected chi connectivity index (χ1v) is 4.06. The maximum Gasteiger partial charge on any atom is 0.268 e. The van der Waals surface area contributed by atoms with Crippen LogP contribution in [0.4, 0.5) is 8.78 Å². The molecule has 0 saturated carbocycles. The van der Waals surface area contributed by atoms with Gasteiger partial charge in [0.1, 0.15) is 0 Å². The molecule has 66 valence electrons. The lowest BCUT2D eigenvalue weighted by Crippen LogP contribution is -2.20. The standard InChI is InChI=1S/C9H16F2/c1-4-5-6-7-9(10,11)8(2)3/h6-8H,4-5H2,1-3H3/b7-6+. The van der Waals surface area contributed by atoms with Crippen LogP contribution in [0.1, 0.15) is 33.6 Å². The molecule has 0 aliphatic rings. The van der Waals surface area contributed by atoms with Gasteiger partial charge in [0.25, 0.3) is 5.92 Å². The summed E-state index contributed by atoms with van der Waals surface area (Å²) in [7, 11) is 0. The second-order valence-corrected chi connectivity index (χ2v) is 3.02. The van der Waals surface area contributed by atoms with Crippen molar-refractivity contribution in [3.8, 4) is 0 Å². The minimum absolute atomic E-state index is 0.601. The Hall–Kier alpha value is -0.400. The molecule has 0 nitrogen and oxygen atoms in total. The first-order valence-electron chi connectivity index (χ1n) is 4.06. The molecule has 0 fully saturated rings. The summed E-state index contributed by atoms with van der Waals surface area (Å²) in [5.41, 5.74) is 0. The van der Waals surface area contributed by atoms with Crippen LogP contribution in [0.5, 0.6) is 0 Å². The van der Waals surface area contributed by atoms with Gasteiger partial charge in [0, 0.05) is 5.92 Å². The molecule has 0 aromatic rings. The molecule has 0 saturated heterocycles. The molecule has 11 heavy (non-hydrogen) atoms. The summed E-state index contributed by atoms with van der Waals surface area (Å²) in [5.74, 6) is -3.23. The smallest absolute Gasteiger partial charge is 0.202 e. The monoisotopic (exact) mass is 162 g/mol. The highest BCUT2D eigenvalue weighted by Gasteiger charge is 2.28. The van der Waals surface area contributed by atoms with E-state index in [1.54, 1.807) is 6.08 Å². The second-order valence-electron chi connectivity index (χ2n) is 3.02. The Bertz CT molecular complexity index is 126. The minimum atomic E-state index is -2.63. The Balaban J connectivity index is 3.90. The third-order valence-corrected chi connectivity index (χ3v) is 1.57. The molecule has 0 aromatic carbocycles. The van der Waals surface area contributed by atoms with E-state index in [2.05, 4.69) is 0 Å². The van der Waals surface area contributed by atoms with Crippen LogP contribution in [0.15, 0.2) is 12.2 Å². The van der Waals surface area contributed by atoms with Gasteiger partial charge in [-0.05, 0) is 12.5 Å². The van der Waals surface area contributed by atoms with Gasteiger partial charge in [-0.3, -0.25) is 0 Å². The normalized spacial score (nSPS) is 13.3. The molecule has 0 unspecified atom stereocenters. The zero-order valence-electron chi connectivity index (χ0n) is 7.40.